The maximum Gasteiger partial charge on any atom is 0.186 e. The molecule has 0 aromatic rings. The first-order chi connectivity index (χ1) is 10.0. The number of hydrogen-bond donors (Lipinski definition) is 5. The van der Waals surface area contributed by atoms with Crippen molar-refractivity contribution in [3.05, 3.63) is 0 Å². The normalized spacial score (nSPS) is 34.0. The van der Waals surface area contributed by atoms with Crippen LogP contribution in [0.2, 0.25) is 0 Å². The van der Waals surface area contributed by atoms with Crippen molar-refractivity contribution in [1.82, 2.24) is 0 Å². The van der Waals surface area contributed by atoms with Crippen LogP contribution in [-0.4, -0.2) is 71.4 Å². The largest absolute Gasteiger partial charge is 0.394 e. The molecule has 1 rings (SSSR count). The van der Waals surface area contributed by atoms with Crippen LogP contribution in [0.4, 0.5) is 0 Å². The highest BCUT2D eigenvalue weighted by atomic mass is 16.7. The summed E-state index contributed by atoms with van der Waals surface area (Å²) in [4.78, 5) is 0. The number of rotatable bonds is 7. The molecule has 0 amide bonds. The summed E-state index contributed by atoms with van der Waals surface area (Å²) in [5.41, 5.74) is 4.50. The van der Waals surface area contributed by atoms with Crippen LogP contribution in [0.15, 0.2) is 0 Å². The van der Waals surface area contributed by atoms with E-state index in [1.807, 2.05) is 0 Å². The van der Waals surface area contributed by atoms with Crippen molar-refractivity contribution < 1.29 is 29.9 Å². The zero-order chi connectivity index (χ0) is 16.4. The molecule has 1 aliphatic rings. The summed E-state index contributed by atoms with van der Waals surface area (Å²) in [6.07, 6.45) is -2.87. The fraction of sp³-hybridized carbons (Fsp3) is 1.00. The molecule has 0 aliphatic carbocycles. The van der Waals surface area contributed by atoms with Crippen molar-refractivity contribution >= 4 is 0 Å². The van der Waals surface area contributed by atoms with E-state index in [0.717, 1.165) is 19.3 Å². The van der Waals surface area contributed by atoms with Crippen LogP contribution in [0.25, 0.3) is 0 Å². The molecule has 6 unspecified atom stereocenters. The zero-order valence-corrected chi connectivity index (χ0v) is 13.2. The van der Waals surface area contributed by atoms with E-state index in [4.69, 9.17) is 14.6 Å². The number of hydrogen-bond acceptors (Lipinski definition) is 7. The highest BCUT2D eigenvalue weighted by Gasteiger charge is 2.43. The van der Waals surface area contributed by atoms with Gasteiger partial charge in [0.15, 0.2) is 6.29 Å². The second-order valence-electron chi connectivity index (χ2n) is 5.25. The van der Waals surface area contributed by atoms with Crippen molar-refractivity contribution in [3.8, 4) is 0 Å². The molecule has 7 nitrogen and oxygen atoms in total. The van der Waals surface area contributed by atoms with Crippen LogP contribution in [0.1, 0.15) is 33.1 Å². The summed E-state index contributed by atoms with van der Waals surface area (Å²) in [5, 5.41) is 38.0. The SMILES string of the molecule is CCCC(C)CCOC1OC(CO)C(O)C(O)C1O.CN. The summed E-state index contributed by atoms with van der Waals surface area (Å²) < 4.78 is 10.6. The van der Waals surface area contributed by atoms with Gasteiger partial charge < -0.3 is 35.6 Å². The van der Waals surface area contributed by atoms with E-state index in [1.54, 1.807) is 0 Å². The van der Waals surface area contributed by atoms with E-state index < -0.39 is 37.3 Å². The predicted molar refractivity (Wildman–Crippen MR) is 78.5 cm³/mol. The second kappa shape index (κ2) is 11.3. The predicted octanol–water partition coefficient (Wildman–Crippen LogP) is -0.796. The lowest BCUT2D eigenvalue weighted by Gasteiger charge is -2.39. The Kier molecular flexibility index (Phi) is 11.2. The highest BCUT2D eigenvalue weighted by molar-refractivity contribution is 4.88. The molecule has 7 heteroatoms. The van der Waals surface area contributed by atoms with Crippen LogP contribution in [0, 0.1) is 5.92 Å². The van der Waals surface area contributed by atoms with E-state index in [-0.39, 0.29) is 0 Å². The lowest BCUT2D eigenvalue weighted by molar-refractivity contribution is -0.301. The topological polar surface area (TPSA) is 125 Å². The van der Waals surface area contributed by atoms with Crippen molar-refractivity contribution in [2.24, 2.45) is 11.7 Å². The quantitative estimate of drug-likeness (QED) is 0.417. The number of ether oxygens (including phenoxy) is 2. The Morgan fingerprint density at radius 3 is 2.24 bits per heavy atom. The van der Waals surface area contributed by atoms with Crippen LogP contribution >= 0.6 is 0 Å². The first-order valence-corrected chi connectivity index (χ1v) is 7.51. The lowest BCUT2D eigenvalue weighted by atomic mass is 9.99. The van der Waals surface area contributed by atoms with Crippen LogP contribution in [0.5, 0.6) is 0 Å². The van der Waals surface area contributed by atoms with Crippen LogP contribution < -0.4 is 5.73 Å². The average Bonchev–Trinajstić information content (AvgIpc) is 2.49. The van der Waals surface area contributed by atoms with E-state index in [1.165, 1.54) is 7.05 Å². The molecule has 1 saturated heterocycles. The van der Waals surface area contributed by atoms with E-state index in [9.17, 15) is 15.3 Å². The van der Waals surface area contributed by atoms with Gasteiger partial charge in [-0.05, 0) is 19.4 Å². The molecule has 6 N–H and O–H groups in total. The first-order valence-electron chi connectivity index (χ1n) is 7.51. The van der Waals surface area contributed by atoms with Gasteiger partial charge in [0.1, 0.15) is 24.4 Å². The summed E-state index contributed by atoms with van der Waals surface area (Å²) in [6.45, 7) is 4.22. The molecule has 0 aromatic carbocycles. The maximum atomic E-state index is 9.75. The third-order valence-corrected chi connectivity index (χ3v) is 3.52. The Balaban J connectivity index is 0.00000191. The van der Waals surface area contributed by atoms with Crippen molar-refractivity contribution in [3.63, 3.8) is 0 Å². The van der Waals surface area contributed by atoms with Gasteiger partial charge in [0.2, 0.25) is 0 Å². The van der Waals surface area contributed by atoms with Gasteiger partial charge in [0, 0.05) is 0 Å². The Hall–Kier alpha value is -0.280. The van der Waals surface area contributed by atoms with Gasteiger partial charge >= 0.3 is 0 Å². The van der Waals surface area contributed by atoms with E-state index in [0.29, 0.717) is 12.5 Å². The van der Waals surface area contributed by atoms with Gasteiger partial charge in [-0.2, -0.15) is 0 Å². The number of aliphatic hydroxyl groups excluding tert-OH is 4. The fourth-order valence-corrected chi connectivity index (χ4v) is 2.23. The molecule has 0 aromatic heterocycles. The number of nitrogens with two attached hydrogens (primary N) is 1. The van der Waals surface area contributed by atoms with E-state index in [2.05, 4.69) is 19.6 Å². The summed E-state index contributed by atoms with van der Waals surface area (Å²) in [7, 11) is 1.50. The van der Waals surface area contributed by atoms with Gasteiger partial charge in [0.05, 0.1) is 13.2 Å². The van der Waals surface area contributed by atoms with Gasteiger partial charge in [0.25, 0.3) is 0 Å². The highest BCUT2D eigenvalue weighted by Crippen LogP contribution is 2.22. The van der Waals surface area contributed by atoms with Gasteiger partial charge in [-0.25, -0.2) is 0 Å². The summed E-state index contributed by atoms with van der Waals surface area (Å²) in [6, 6.07) is 0. The molecular weight excluding hydrogens is 278 g/mol. The molecule has 0 bridgehead atoms. The average molecular weight is 309 g/mol. The third-order valence-electron chi connectivity index (χ3n) is 3.52. The molecule has 0 spiro atoms. The molecule has 1 heterocycles. The van der Waals surface area contributed by atoms with Crippen LogP contribution in [-0.2, 0) is 9.47 Å². The van der Waals surface area contributed by atoms with Crippen molar-refractivity contribution in [2.75, 3.05) is 20.3 Å². The Morgan fingerprint density at radius 2 is 1.71 bits per heavy atom. The van der Waals surface area contributed by atoms with Gasteiger partial charge in [-0.3, -0.25) is 0 Å². The molecule has 0 radical (unpaired) electrons. The maximum absolute atomic E-state index is 9.75. The summed E-state index contributed by atoms with van der Waals surface area (Å²) in [5.74, 6) is 0.523. The van der Waals surface area contributed by atoms with Gasteiger partial charge in [-0.1, -0.05) is 26.7 Å². The monoisotopic (exact) mass is 309 g/mol. The minimum Gasteiger partial charge on any atom is -0.394 e. The molecule has 1 fully saturated rings. The molecule has 128 valence electrons. The second-order valence-corrected chi connectivity index (χ2v) is 5.25. The first kappa shape index (κ1) is 20.7. The smallest absolute Gasteiger partial charge is 0.186 e. The number of aliphatic hydroxyl groups is 4. The zero-order valence-electron chi connectivity index (χ0n) is 13.2. The molecule has 1 aliphatic heterocycles. The fourth-order valence-electron chi connectivity index (χ4n) is 2.23. The van der Waals surface area contributed by atoms with Crippen molar-refractivity contribution in [2.45, 2.75) is 63.8 Å². The minimum absolute atomic E-state index is 0.407. The molecule has 0 saturated carbocycles. The molecule has 21 heavy (non-hydrogen) atoms. The van der Waals surface area contributed by atoms with Crippen molar-refractivity contribution in [1.29, 1.82) is 0 Å². The van der Waals surface area contributed by atoms with E-state index >= 15 is 0 Å². The Bertz CT molecular complexity index is 254. The molecule has 6 atom stereocenters. The Labute approximate surface area is 126 Å². The standard InChI is InChI=1S/C13H26O6.CH5N/c1-3-4-8(2)5-6-18-13-12(17)11(16)10(15)9(7-14)19-13;1-2/h8-17H,3-7H2,1-2H3;2H2,1H3. The summed E-state index contributed by atoms with van der Waals surface area (Å²) >= 11 is 0. The molecular formula is C14H31NO6. The Morgan fingerprint density at radius 1 is 1.10 bits per heavy atom. The third kappa shape index (κ3) is 6.56. The lowest BCUT2D eigenvalue weighted by Crippen LogP contribution is -2.59. The van der Waals surface area contributed by atoms with Crippen LogP contribution in [0.3, 0.4) is 0 Å². The van der Waals surface area contributed by atoms with Gasteiger partial charge in [-0.15, -0.1) is 0 Å². The minimum atomic E-state index is -1.37.